The Balaban J connectivity index is 0.000000191. The van der Waals surface area contributed by atoms with Crippen LogP contribution < -0.4 is 11.1 Å². The molecule has 0 spiro atoms. The quantitative estimate of drug-likeness (QED) is 0.822. The molecule has 0 bridgehead atoms. The SMILES string of the molecule is CNc1c(C)c(C)nn1C.Cc1nn(C)c(N)c1C. The van der Waals surface area contributed by atoms with E-state index in [1.165, 1.54) is 5.56 Å². The fourth-order valence-electron chi connectivity index (χ4n) is 1.90. The van der Waals surface area contributed by atoms with Crippen LogP contribution in [-0.4, -0.2) is 26.6 Å². The molecule has 2 aromatic heterocycles. The van der Waals surface area contributed by atoms with Crippen LogP contribution in [0.4, 0.5) is 11.6 Å². The third-order valence-electron chi connectivity index (χ3n) is 3.33. The van der Waals surface area contributed by atoms with Gasteiger partial charge in [0.15, 0.2) is 0 Å². The number of aromatic nitrogens is 4. The molecule has 2 heterocycles. The molecule has 0 aliphatic heterocycles. The molecule has 6 heteroatoms. The molecule has 3 N–H and O–H groups in total. The van der Waals surface area contributed by atoms with E-state index in [0.29, 0.717) is 0 Å². The summed E-state index contributed by atoms with van der Waals surface area (Å²) >= 11 is 0. The molecule has 0 unspecified atom stereocenters. The third kappa shape index (κ3) is 3.07. The highest BCUT2D eigenvalue weighted by molar-refractivity contribution is 5.45. The maximum absolute atomic E-state index is 5.60. The molecule has 106 valence electrons. The molecule has 0 aromatic carbocycles. The maximum atomic E-state index is 5.60. The Labute approximate surface area is 114 Å². The first-order valence-electron chi connectivity index (χ1n) is 6.23. The maximum Gasteiger partial charge on any atom is 0.126 e. The van der Waals surface area contributed by atoms with Gasteiger partial charge < -0.3 is 11.1 Å². The van der Waals surface area contributed by atoms with E-state index in [-0.39, 0.29) is 0 Å². The highest BCUT2D eigenvalue weighted by Gasteiger charge is 2.05. The molecule has 0 aliphatic carbocycles. The molecule has 2 aromatic rings. The number of nitrogens with two attached hydrogens (primary N) is 1. The summed E-state index contributed by atoms with van der Waals surface area (Å²) in [5, 5.41) is 11.4. The van der Waals surface area contributed by atoms with E-state index < -0.39 is 0 Å². The molecule has 0 aliphatic rings. The minimum Gasteiger partial charge on any atom is -0.384 e. The van der Waals surface area contributed by atoms with E-state index in [4.69, 9.17) is 5.73 Å². The number of rotatable bonds is 1. The van der Waals surface area contributed by atoms with Crippen LogP contribution >= 0.6 is 0 Å². The van der Waals surface area contributed by atoms with Gasteiger partial charge >= 0.3 is 0 Å². The highest BCUT2D eigenvalue weighted by Crippen LogP contribution is 2.15. The van der Waals surface area contributed by atoms with Gasteiger partial charge in [0.25, 0.3) is 0 Å². The molecule has 2 rings (SSSR count). The summed E-state index contributed by atoms with van der Waals surface area (Å²) in [5.74, 6) is 1.85. The van der Waals surface area contributed by atoms with Gasteiger partial charge in [-0.2, -0.15) is 10.2 Å². The van der Waals surface area contributed by atoms with Crippen molar-refractivity contribution in [3.8, 4) is 0 Å². The van der Waals surface area contributed by atoms with Gasteiger partial charge in [0.05, 0.1) is 11.4 Å². The van der Waals surface area contributed by atoms with E-state index in [1.807, 2.05) is 46.6 Å². The summed E-state index contributed by atoms with van der Waals surface area (Å²) in [6, 6.07) is 0. The monoisotopic (exact) mass is 264 g/mol. The first-order chi connectivity index (χ1) is 8.79. The van der Waals surface area contributed by atoms with Gasteiger partial charge in [-0.3, -0.25) is 9.36 Å². The Morgan fingerprint density at radius 1 is 0.895 bits per heavy atom. The molecule has 0 saturated heterocycles. The second-order valence-corrected chi connectivity index (χ2v) is 4.65. The standard InChI is InChI=1S/C7H13N3.C6H11N3/c1-5-6(2)9-10(4)7(5)8-3;1-4-5(2)8-9(3)6(4)7/h8H,1-4H3;7H2,1-3H3. The predicted octanol–water partition coefficient (Wildman–Crippen LogP) is 1.70. The Bertz CT molecular complexity index is 542. The van der Waals surface area contributed by atoms with Crippen molar-refractivity contribution in [1.82, 2.24) is 19.6 Å². The molecular formula is C13H24N6. The first kappa shape index (κ1) is 15.1. The normalized spacial score (nSPS) is 10.1. The third-order valence-corrected chi connectivity index (χ3v) is 3.33. The van der Waals surface area contributed by atoms with E-state index in [0.717, 1.165) is 28.6 Å². The summed E-state index contributed by atoms with van der Waals surface area (Å²) in [5.41, 5.74) is 10.0. The van der Waals surface area contributed by atoms with Crippen LogP contribution in [0.15, 0.2) is 0 Å². The smallest absolute Gasteiger partial charge is 0.126 e. The van der Waals surface area contributed by atoms with E-state index in [9.17, 15) is 0 Å². The van der Waals surface area contributed by atoms with Gasteiger partial charge in [-0.1, -0.05) is 0 Å². The zero-order valence-electron chi connectivity index (χ0n) is 12.9. The van der Waals surface area contributed by atoms with Crippen molar-refractivity contribution in [2.75, 3.05) is 18.1 Å². The summed E-state index contributed by atoms with van der Waals surface area (Å²) in [6.45, 7) is 7.99. The zero-order chi connectivity index (χ0) is 14.7. The van der Waals surface area contributed by atoms with E-state index in [1.54, 1.807) is 4.68 Å². The minimum atomic E-state index is 0.757. The number of hydrogen-bond donors (Lipinski definition) is 2. The van der Waals surface area contributed by atoms with Crippen molar-refractivity contribution in [3.63, 3.8) is 0 Å². The Kier molecular flexibility index (Phi) is 4.58. The van der Waals surface area contributed by atoms with Crippen LogP contribution in [0.25, 0.3) is 0 Å². The Morgan fingerprint density at radius 2 is 1.37 bits per heavy atom. The molecule has 0 fully saturated rings. The number of nitrogen functional groups attached to an aromatic ring is 1. The fourth-order valence-corrected chi connectivity index (χ4v) is 1.90. The van der Waals surface area contributed by atoms with Crippen LogP contribution in [0, 0.1) is 27.7 Å². The predicted molar refractivity (Wildman–Crippen MR) is 79.3 cm³/mol. The van der Waals surface area contributed by atoms with Gasteiger partial charge in [0, 0.05) is 32.3 Å². The first-order valence-corrected chi connectivity index (χ1v) is 6.23. The van der Waals surface area contributed by atoms with Gasteiger partial charge in [0.1, 0.15) is 11.6 Å². The van der Waals surface area contributed by atoms with Crippen molar-refractivity contribution < 1.29 is 0 Å². The fraction of sp³-hybridized carbons (Fsp3) is 0.538. The highest BCUT2D eigenvalue weighted by atomic mass is 15.3. The summed E-state index contributed by atoms with van der Waals surface area (Å²) in [6.07, 6.45) is 0. The van der Waals surface area contributed by atoms with E-state index >= 15 is 0 Å². The van der Waals surface area contributed by atoms with Crippen molar-refractivity contribution in [3.05, 3.63) is 22.5 Å². The van der Waals surface area contributed by atoms with Crippen molar-refractivity contribution in [2.24, 2.45) is 14.1 Å². The molecule has 0 radical (unpaired) electrons. The number of nitrogens with one attached hydrogen (secondary N) is 1. The largest absolute Gasteiger partial charge is 0.384 e. The van der Waals surface area contributed by atoms with Crippen molar-refractivity contribution in [2.45, 2.75) is 27.7 Å². The van der Waals surface area contributed by atoms with Gasteiger partial charge in [-0.25, -0.2) is 0 Å². The zero-order valence-corrected chi connectivity index (χ0v) is 12.9. The minimum absolute atomic E-state index is 0.757. The Morgan fingerprint density at radius 3 is 1.53 bits per heavy atom. The van der Waals surface area contributed by atoms with Crippen LogP contribution in [0.1, 0.15) is 22.5 Å². The van der Waals surface area contributed by atoms with Crippen molar-refractivity contribution in [1.29, 1.82) is 0 Å². The summed E-state index contributed by atoms with van der Waals surface area (Å²) in [4.78, 5) is 0. The average Bonchev–Trinajstić information content (AvgIpc) is 2.72. The molecule has 0 saturated carbocycles. The van der Waals surface area contributed by atoms with Crippen LogP contribution in [0.2, 0.25) is 0 Å². The number of anilines is 2. The van der Waals surface area contributed by atoms with Crippen LogP contribution in [0.3, 0.4) is 0 Å². The summed E-state index contributed by atoms with van der Waals surface area (Å²) in [7, 11) is 5.69. The van der Waals surface area contributed by atoms with Gasteiger partial charge in [-0.05, 0) is 27.7 Å². The molecule has 6 nitrogen and oxygen atoms in total. The lowest BCUT2D eigenvalue weighted by Crippen LogP contribution is -1.98. The molecule has 0 amide bonds. The second kappa shape index (κ2) is 5.77. The summed E-state index contributed by atoms with van der Waals surface area (Å²) < 4.78 is 3.54. The molecular weight excluding hydrogens is 240 g/mol. The lowest BCUT2D eigenvalue weighted by atomic mass is 10.3. The number of nitrogens with zero attached hydrogens (tertiary/aromatic N) is 4. The lowest BCUT2D eigenvalue weighted by Gasteiger charge is -1.99. The van der Waals surface area contributed by atoms with Gasteiger partial charge in [-0.15, -0.1) is 0 Å². The Hall–Kier alpha value is -1.98. The van der Waals surface area contributed by atoms with Crippen LogP contribution in [0.5, 0.6) is 0 Å². The number of hydrogen-bond acceptors (Lipinski definition) is 4. The topological polar surface area (TPSA) is 73.7 Å². The van der Waals surface area contributed by atoms with Gasteiger partial charge in [0.2, 0.25) is 0 Å². The molecule has 0 atom stereocenters. The second-order valence-electron chi connectivity index (χ2n) is 4.65. The average molecular weight is 264 g/mol. The van der Waals surface area contributed by atoms with Crippen molar-refractivity contribution >= 4 is 11.6 Å². The van der Waals surface area contributed by atoms with Crippen LogP contribution in [-0.2, 0) is 14.1 Å². The lowest BCUT2D eigenvalue weighted by molar-refractivity contribution is 0.763. The van der Waals surface area contributed by atoms with E-state index in [2.05, 4.69) is 22.4 Å². The number of aryl methyl sites for hydroxylation is 4. The molecule has 19 heavy (non-hydrogen) atoms.